The van der Waals surface area contributed by atoms with E-state index in [1.807, 2.05) is 19.9 Å². The van der Waals surface area contributed by atoms with Crippen LogP contribution in [0.3, 0.4) is 0 Å². The predicted molar refractivity (Wildman–Crippen MR) is 120 cm³/mol. The molecule has 0 fully saturated rings. The van der Waals surface area contributed by atoms with E-state index in [2.05, 4.69) is 15.5 Å². The van der Waals surface area contributed by atoms with E-state index in [0.717, 1.165) is 5.56 Å². The molecule has 0 bridgehead atoms. The van der Waals surface area contributed by atoms with Gasteiger partial charge in [0.05, 0.1) is 18.9 Å². The second-order valence-electron chi connectivity index (χ2n) is 6.78. The number of aromatic nitrogens is 2. The third-order valence-corrected chi connectivity index (χ3v) is 4.64. The molecule has 0 saturated heterocycles. The molecule has 0 spiro atoms. The van der Waals surface area contributed by atoms with Crippen LogP contribution in [0.5, 0.6) is 11.6 Å². The summed E-state index contributed by atoms with van der Waals surface area (Å²) in [7, 11) is 0. The molecule has 162 valence electrons. The topological polar surface area (TPSA) is 104 Å². The highest BCUT2D eigenvalue weighted by atomic mass is 16.5. The molecule has 0 radical (unpaired) electrons. The monoisotopic (exact) mass is 431 g/mol. The summed E-state index contributed by atoms with van der Waals surface area (Å²) in [6.07, 6.45) is 0. The lowest BCUT2D eigenvalue weighted by atomic mass is 10.1. The number of benzene rings is 2. The van der Waals surface area contributed by atoms with Crippen LogP contribution < -0.4 is 20.4 Å². The summed E-state index contributed by atoms with van der Waals surface area (Å²) in [5.74, 6) is 0.362. The minimum atomic E-state index is -0.733. The molecular formula is C24H21N3O5. The van der Waals surface area contributed by atoms with Gasteiger partial charge in [0.2, 0.25) is 5.88 Å². The van der Waals surface area contributed by atoms with Crippen LogP contribution in [0, 0.1) is 0 Å². The van der Waals surface area contributed by atoms with E-state index in [1.165, 1.54) is 6.07 Å². The molecule has 1 amide bonds. The predicted octanol–water partition coefficient (Wildman–Crippen LogP) is 4.30. The zero-order valence-corrected chi connectivity index (χ0v) is 17.6. The number of ether oxygens (including phenoxy) is 2. The van der Waals surface area contributed by atoms with Crippen molar-refractivity contribution >= 4 is 22.6 Å². The Morgan fingerprint density at radius 2 is 1.75 bits per heavy atom. The highest BCUT2D eigenvalue weighted by Gasteiger charge is 2.16. The molecular weight excluding hydrogens is 410 g/mol. The van der Waals surface area contributed by atoms with E-state index in [1.54, 1.807) is 48.5 Å². The molecule has 2 aromatic carbocycles. The standard InChI is InChI=1S/C24H21N3O5/c1-3-30-20-7-5-6-16-14-18(24(29)32-22(16)20)23(28)25-17-10-8-15(9-11-17)19-12-13-21(27-26-19)31-4-2/h5-14H,3-4H2,1-2H3,(H,25,28). The first-order chi connectivity index (χ1) is 15.6. The van der Waals surface area contributed by atoms with Crippen LogP contribution in [-0.2, 0) is 0 Å². The summed E-state index contributed by atoms with van der Waals surface area (Å²) in [5, 5.41) is 11.5. The molecule has 0 atom stereocenters. The Bertz CT molecular complexity index is 1300. The van der Waals surface area contributed by atoms with Crippen LogP contribution in [0.2, 0.25) is 0 Å². The van der Waals surface area contributed by atoms with E-state index in [0.29, 0.717) is 47.2 Å². The van der Waals surface area contributed by atoms with Crippen molar-refractivity contribution in [3.8, 4) is 22.9 Å². The van der Waals surface area contributed by atoms with Gasteiger partial charge < -0.3 is 19.2 Å². The number of anilines is 1. The number of amides is 1. The number of fused-ring (bicyclic) bond motifs is 1. The Morgan fingerprint density at radius 1 is 0.969 bits per heavy atom. The quantitative estimate of drug-likeness (QED) is 0.435. The first-order valence-corrected chi connectivity index (χ1v) is 10.2. The maximum absolute atomic E-state index is 12.7. The van der Waals surface area contributed by atoms with Crippen molar-refractivity contribution in [3.63, 3.8) is 0 Å². The van der Waals surface area contributed by atoms with E-state index in [-0.39, 0.29) is 5.56 Å². The molecule has 0 aliphatic heterocycles. The molecule has 8 nitrogen and oxygen atoms in total. The van der Waals surface area contributed by atoms with Gasteiger partial charge in [0.15, 0.2) is 11.3 Å². The van der Waals surface area contributed by atoms with Crippen molar-refractivity contribution in [2.24, 2.45) is 0 Å². The first kappa shape index (κ1) is 21.0. The lowest BCUT2D eigenvalue weighted by Gasteiger charge is -2.08. The van der Waals surface area contributed by atoms with E-state index < -0.39 is 11.5 Å². The van der Waals surface area contributed by atoms with Crippen molar-refractivity contribution in [1.82, 2.24) is 10.2 Å². The summed E-state index contributed by atoms with van der Waals surface area (Å²) in [4.78, 5) is 25.1. The number of carbonyl (C=O) groups excluding carboxylic acids is 1. The normalized spacial score (nSPS) is 10.7. The van der Waals surface area contributed by atoms with E-state index >= 15 is 0 Å². The molecule has 0 aliphatic carbocycles. The SMILES string of the molecule is CCOc1ccc(-c2ccc(NC(=O)c3cc4cccc(OCC)c4oc3=O)cc2)nn1. The molecule has 0 saturated carbocycles. The lowest BCUT2D eigenvalue weighted by Crippen LogP contribution is -2.20. The molecule has 4 aromatic rings. The zero-order valence-electron chi connectivity index (χ0n) is 17.6. The van der Waals surface area contributed by atoms with E-state index in [4.69, 9.17) is 13.9 Å². The van der Waals surface area contributed by atoms with Crippen molar-refractivity contribution in [3.05, 3.63) is 76.6 Å². The van der Waals surface area contributed by atoms with Gasteiger partial charge >= 0.3 is 5.63 Å². The molecule has 32 heavy (non-hydrogen) atoms. The van der Waals surface area contributed by atoms with Crippen molar-refractivity contribution in [1.29, 1.82) is 0 Å². The molecule has 8 heteroatoms. The Kier molecular flexibility index (Phi) is 6.12. The fourth-order valence-electron chi connectivity index (χ4n) is 3.17. The second-order valence-corrected chi connectivity index (χ2v) is 6.78. The average molecular weight is 431 g/mol. The van der Waals surface area contributed by atoms with Gasteiger partial charge in [-0.15, -0.1) is 10.2 Å². The molecule has 2 aromatic heterocycles. The Hall–Kier alpha value is -4.20. The Morgan fingerprint density at radius 3 is 2.44 bits per heavy atom. The van der Waals surface area contributed by atoms with Crippen molar-refractivity contribution < 1.29 is 18.7 Å². The van der Waals surface area contributed by atoms with Crippen LogP contribution in [-0.4, -0.2) is 29.3 Å². The van der Waals surface area contributed by atoms with Gasteiger partial charge in [-0.05, 0) is 44.2 Å². The van der Waals surface area contributed by atoms with Gasteiger partial charge in [0.25, 0.3) is 5.91 Å². The molecule has 2 heterocycles. The number of carbonyl (C=O) groups is 1. The number of nitrogens with zero attached hydrogens (tertiary/aromatic N) is 2. The van der Waals surface area contributed by atoms with Gasteiger partial charge in [0, 0.05) is 22.7 Å². The zero-order chi connectivity index (χ0) is 22.5. The second kappa shape index (κ2) is 9.30. The van der Waals surface area contributed by atoms with Gasteiger partial charge in [0.1, 0.15) is 5.56 Å². The molecule has 4 rings (SSSR count). The first-order valence-electron chi connectivity index (χ1n) is 10.2. The minimum absolute atomic E-state index is 0.0902. The lowest BCUT2D eigenvalue weighted by molar-refractivity contribution is 0.102. The van der Waals surface area contributed by atoms with Crippen molar-refractivity contribution in [2.75, 3.05) is 18.5 Å². The molecule has 0 aliphatic rings. The number of rotatable bonds is 7. The maximum Gasteiger partial charge on any atom is 0.349 e. The summed E-state index contributed by atoms with van der Waals surface area (Å²) in [6.45, 7) is 4.67. The Balaban J connectivity index is 1.53. The van der Waals surface area contributed by atoms with Crippen LogP contribution in [0.4, 0.5) is 5.69 Å². The fraction of sp³-hybridized carbons (Fsp3) is 0.167. The summed E-state index contributed by atoms with van der Waals surface area (Å²) < 4.78 is 16.2. The third kappa shape index (κ3) is 4.44. The van der Waals surface area contributed by atoms with Crippen LogP contribution in [0.1, 0.15) is 24.2 Å². The van der Waals surface area contributed by atoms with Crippen LogP contribution >= 0.6 is 0 Å². The summed E-state index contributed by atoms with van der Waals surface area (Å²) >= 11 is 0. The van der Waals surface area contributed by atoms with Gasteiger partial charge in [-0.1, -0.05) is 24.3 Å². The van der Waals surface area contributed by atoms with Crippen molar-refractivity contribution in [2.45, 2.75) is 13.8 Å². The average Bonchev–Trinajstić information content (AvgIpc) is 2.80. The molecule has 1 N–H and O–H groups in total. The van der Waals surface area contributed by atoms with Gasteiger partial charge in [-0.3, -0.25) is 4.79 Å². The number of hydrogen-bond donors (Lipinski definition) is 1. The Labute approximate surface area is 183 Å². The van der Waals surface area contributed by atoms with E-state index in [9.17, 15) is 9.59 Å². The highest BCUT2D eigenvalue weighted by molar-refractivity contribution is 6.05. The maximum atomic E-state index is 12.7. The number of para-hydroxylation sites is 1. The summed E-state index contributed by atoms with van der Waals surface area (Å²) in [6, 6.07) is 17.4. The van der Waals surface area contributed by atoms with Crippen LogP contribution in [0.25, 0.3) is 22.2 Å². The number of hydrogen-bond acceptors (Lipinski definition) is 7. The minimum Gasteiger partial charge on any atom is -0.490 e. The third-order valence-electron chi connectivity index (χ3n) is 4.64. The molecule has 0 unspecified atom stereocenters. The van der Waals surface area contributed by atoms with Gasteiger partial charge in [-0.25, -0.2) is 4.79 Å². The summed E-state index contributed by atoms with van der Waals surface area (Å²) in [5.41, 5.74) is 1.52. The fourth-order valence-corrected chi connectivity index (χ4v) is 3.17. The highest BCUT2D eigenvalue weighted by Crippen LogP contribution is 2.25. The smallest absolute Gasteiger partial charge is 0.349 e. The van der Waals surface area contributed by atoms with Crippen LogP contribution in [0.15, 0.2) is 69.9 Å². The number of nitrogens with one attached hydrogen (secondary N) is 1. The van der Waals surface area contributed by atoms with Gasteiger partial charge in [-0.2, -0.15) is 0 Å². The largest absolute Gasteiger partial charge is 0.490 e.